The van der Waals surface area contributed by atoms with Crippen LogP contribution in [0.5, 0.6) is 5.75 Å². The van der Waals surface area contributed by atoms with E-state index in [0.29, 0.717) is 29.1 Å². The third kappa shape index (κ3) is 4.14. The molecule has 0 unspecified atom stereocenters. The van der Waals surface area contributed by atoms with E-state index in [1.807, 2.05) is 94.4 Å². The molecule has 162 valence electrons. The predicted molar refractivity (Wildman–Crippen MR) is 128 cm³/mol. The third-order valence-corrected chi connectivity index (χ3v) is 5.32. The molecule has 1 heterocycles. The second-order valence-corrected chi connectivity index (χ2v) is 7.99. The van der Waals surface area contributed by atoms with Gasteiger partial charge in [-0.2, -0.15) is 0 Å². The Morgan fingerprint density at radius 2 is 1.41 bits per heavy atom. The highest BCUT2D eigenvalue weighted by molar-refractivity contribution is 6.46. The van der Waals surface area contributed by atoms with E-state index in [4.69, 9.17) is 4.74 Å². The minimum atomic E-state index is -0.371. The SMILES string of the molecule is CCOc1ccc(NC2=C(c3ccc(C)cc3)C(=O)N(c3cc(C)cc(C)c3)C2=O)cc1. The van der Waals surface area contributed by atoms with Crippen molar-refractivity contribution >= 4 is 28.8 Å². The first-order valence-electron chi connectivity index (χ1n) is 10.7. The molecule has 0 aromatic heterocycles. The highest BCUT2D eigenvalue weighted by Crippen LogP contribution is 2.34. The second kappa shape index (κ2) is 8.71. The van der Waals surface area contributed by atoms with Crippen LogP contribution in [0.4, 0.5) is 11.4 Å². The van der Waals surface area contributed by atoms with Crippen LogP contribution in [0.25, 0.3) is 5.57 Å². The van der Waals surface area contributed by atoms with Crippen molar-refractivity contribution in [2.24, 2.45) is 0 Å². The van der Waals surface area contributed by atoms with Crippen molar-refractivity contribution < 1.29 is 14.3 Å². The van der Waals surface area contributed by atoms with Crippen LogP contribution in [0.3, 0.4) is 0 Å². The number of aryl methyl sites for hydroxylation is 3. The van der Waals surface area contributed by atoms with E-state index in [1.54, 1.807) is 0 Å². The number of nitrogens with one attached hydrogen (secondary N) is 1. The van der Waals surface area contributed by atoms with Gasteiger partial charge in [-0.3, -0.25) is 9.59 Å². The van der Waals surface area contributed by atoms with Gasteiger partial charge >= 0.3 is 0 Å². The Kier molecular flexibility index (Phi) is 5.82. The lowest BCUT2D eigenvalue weighted by Gasteiger charge is -2.17. The summed E-state index contributed by atoms with van der Waals surface area (Å²) in [5.41, 5.74) is 5.68. The molecule has 0 bridgehead atoms. The number of carbonyl (C=O) groups is 2. The molecule has 3 aromatic carbocycles. The van der Waals surface area contributed by atoms with Crippen molar-refractivity contribution in [3.8, 4) is 5.75 Å². The van der Waals surface area contributed by atoms with E-state index < -0.39 is 0 Å². The van der Waals surface area contributed by atoms with Crippen molar-refractivity contribution in [3.05, 3.63) is 94.7 Å². The smallest absolute Gasteiger partial charge is 0.282 e. The van der Waals surface area contributed by atoms with Crippen LogP contribution in [-0.2, 0) is 9.59 Å². The zero-order valence-electron chi connectivity index (χ0n) is 18.7. The highest BCUT2D eigenvalue weighted by atomic mass is 16.5. The Labute approximate surface area is 188 Å². The molecule has 1 N–H and O–H groups in total. The molecule has 0 aliphatic carbocycles. The predicted octanol–water partition coefficient (Wildman–Crippen LogP) is 5.41. The van der Waals surface area contributed by atoms with Gasteiger partial charge in [0.2, 0.25) is 0 Å². The van der Waals surface area contributed by atoms with E-state index in [1.165, 1.54) is 4.90 Å². The topological polar surface area (TPSA) is 58.6 Å². The Morgan fingerprint density at radius 1 is 0.781 bits per heavy atom. The van der Waals surface area contributed by atoms with Gasteiger partial charge in [-0.25, -0.2) is 4.90 Å². The molecule has 0 fully saturated rings. The maximum absolute atomic E-state index is 13.6. The fourth-order valence-electron chi connectivity index (χ4n) is 3.89. The minimum absolute atomic E-state index is 0.266. The van der Waals surface area contributed by atoms with Gasteiger partial charge in [0.05, 0.1) is 17.9 Å². The van der Waals surface area contributed by atoms with E-state index in [0.717, 1.165) is 22.4 Å². The lowest BCUT2D eigenvalue weighted by atomic mass is 10.0. The molecule has 4 rings (SSSR count). The van der Waals surface area contributed by atoms with Gasteiger partial charge < -0.3 is 10.1 Å². The molecule has 0 radical (unpaired) electrons. The maximum Gasteiger partial charge on any atom is 0.282 e. The number of hydrogen-bond donors (Lipinski definition) is 1. The van der Waals surface area contributed by atoms with E-state index in [9.17, 15) is 9.59 Å². The summed E-state index contributed by atoms with van der Waals surface area (Å²) >= 11 is 0. The Balaban J connectivity index is 1.78. The van der Waals surface area contributed by atoms with Crippen molar-refractivity contribution in [1.29, 1.82) is 0 Å². The number of anilines is 2. The quantitative estimate of drug-likeness (QED) is 0.536. The minimum Gasteiger partial charge on any atom is -0.494 e. The number of carbonyl (C=O) groups excluding carboxylic acids is 2. The molecule has 2 amide bonds. The van der Waals surface area contributed by atoms with E-state index in [-0.39, 0.29) is 17.5 Å². The molecule has 1 aliphatic rings. The normalized spacial score (nSPS) is 13.7. The van der Waals surface area contributed by atoms with E-state index >= 15 is 0 Å². The van der Waals surface area contributed by atoms with Crippen molar-refractivity contribution in [1.82, 2.24) is 0 Å². The fourth-order valence-corrected chi connectivity index (χ4v) is 3.89. The van der Waals surface area contributed by atoms with E-state index in [2.05, 4.69) is 5.32 Å². The molecule has 5 heteroatoms. The molecule has 0 atom stereocenters. The van der Waals surface area contributed by atoms with Crippen molar-refractivity contribution in [2.75, 3.05) is 16.8 Å². The maximum atomic E-state index is 13.6. The third-order valence-electron chi connectivity index (χ3n) is 5.32. The number of hydrogen-bond acceptors (Lipinski definition) is 4. The van der Waals surface area contributed by atoms with Gasteiger partial charge in [-0.05, 0) is 80.8 Å². The zero-order chi connectivity index (χ0) is 22.8. The number of benzene rings is 3. The lowest BCUT2D eigenvalue weighted by Crippen LogP contribution is -2.32. The van der Waals surface area contributed by atoms with Gasteiger partial charge in [0.1, 0.15) is 11.4 Å². The summed E-state index contributed by atoms with van der Waals surface area (Å²) in [6.45, 7) is 8.40. The molecule has 0 saturated heterocycles. The summed E-state index contributed by atoms with van der Waals surface area (Å²) in [6, 6.07) is 20.7. The number of imide groups is 1. The summed E-state index contributed by atoms with van der Waals surface area (Å²) in [5, 5.41) is 3.19. The molecule has 32 heavy (non-hydrogen) atoms. The Hall–Kier alpha value is -3.86. The van der Waals surface area contributed by atoms with Gasteiger partial charge in [0.25, 0.3) is 11.8 Å². The number of rotatable bonds is 6. The fraction of sp³-hybridized carbons (Fsp3) is 0.185. The summed E-state index contributed by atoms with van der Waals surface area (Å²) in [4.78, 5) is 28.3. The lowest BCUT2D eigenvalue weighted by molar-refractivity contribution is -0.120. The zero-order valence-corrected chi connectivity index (χ0v) is 18.7. The van der Waals surface area contributed by atoms with Crippen LogP contribution >= 0.6 is 0 Å². The van der Waals surface area contributed by atoms with Gasteiger partial charge in [-0.15, -0.1) is 0 Å². The first-order chi connectivity index (χ1) is 15.4. The van der Waals surface area contributed by atoms with Crippen LogP contribution in [0.15, 0.2) is 72.4 Å². The monoisotopic (exact) mass is 426 g/mol. The molecular formula is C27H26N2O3. The average Bonchev–Trinajstić information content (AvgIpc) is 2.99. The molecular weight excluding hydrogens is 400 g/mol. The Morgan fingerprint density at radius 3 is 2.00 bits per heavy atom. The summed E-state index contributed by atoms with van der Waals surface area (Å²) < 4.78 is 5.50. The van der Waals surface area contributed by atoms with Gasteiger partial charge in [-0.1, -0.05) is 35.9 Å². The first-order valence-corrected chi connectivity index (χ1v) is 10.7. The molecule has 0 spiro atoms. The van der Waals surface area contributed by atoms with Crippen LogP contribution in [0, 0.1) is 20.8 Å². The number of amides is 2. The summed E-state index contributed by atoms with van der Waals surface area (Å²) in [7, 11) is 0. The summed E-state index contributed by atoms with van der Waals surface area (Å²) in [5.74, 6) is 0.0400. The molecule has 5 nitrogen and oxygen atoms in total. The van der Waals surface area contributed by atoms with Gasteiger partial charge in [0.15, 0.2) is 0 Å². The standard InChI is InChI=1S/C27H26N2O3/c1-5-32-23-12-10-21(11-13-23)28-25-24(20-8-6-17(2)7-9-20)26(30)29(27(25)31)22-15-18(3)14-19(4)16-22/h6-16,28H,5H2,1-4H3. The van der Waals surface area contributed by atoms with Crippen LogP contribution in [0.1, 0.15) is 29.2 Å². The van der Waals surface area contributed by atoms with Crippen molar-refractivity contribution in [2.45, 2.75) is 27.7 Å². The first kappa shape index (κ1) is 21.4. The largest absolute Gasteiger partial charge is 0.494 e. The average molecular weight is 427 g/mol. The van der Waals surface area contributed by atoms with Crippen LogP contribution < -0.4 is 15.0 Å². The Bertz CT molecular complexity index is 1190. The van der Waals surface area contributed by atoms with Crippen molar-refractivity contribution in [3.63, 3.8) is 0 Å². The number of ether oxygens (including phenoxy) is 1. The van der Waals surface area contributed by atoms with Gasteiger partial charge in [0, 0.05) is 5.69 Å². The summed E-state index contributed by atoms with van der Waals surface area (Å²) in [6.07, 6.45) is 0. The molecule has 0 saturated carbocycles. The van der Waals surface area contributed by atoms with Crippen LogP contribution in [0.2, 0.25) is 0 Å². The second-order valence-electron chi connectivity index (χ2n) is 7.99. The van der Waals surface area contributed by atoms with Crippen LogP contribution in [-0.4, -0.2) is 18.4 Å². The number of nitrogens with zero attached hydrogens (tertiary/aromatic N) is 1. The molecule has 3 aromatic rings. The molecule has 1 aliphatic heterocycles. The highest BCUT2D eigenvalue weighted by Gasteiger charge is 2.40.